The number of hydrogen-bond donors (Lipinski definition) is 0. The molecule has 2 heterocycles. The minimum absolute atomic E-state index is 0.453. The van der Waals surface area contributed by atoms with Crippen LogP contribution in [0, 0.1) is 0 Å². The van der Waals surface area contributed by atoms with Crippen molar-refractivity contribution in [2.45, 2.75) is 50.3 Å². The van der Waals surface area contributed by atoms with Gasteiger partial charge in [0.25, 0.3) is 0 Å². The lowest BCUT2D eigenvalue weighted by atomic mass is 10.2. The molecule has 0 spiro atoms. The highest BCUT2D eigenvalue weighted by Crippen LogP contribution is 2.51. The van der Waals surface area contributed by atoms with Gasteiger partial charge >= 0.3 is 6.37 Å². The molecule has 4 aliphatic rings. The molecular weight excluding hydrogens is 332 g/mol. The molecule has 0 aromatic carbocycles. The van der Waals surface area contributed by atoms with Crippen molar-refractivity contribution in [3.63, 3.8) is 0 Å². The van der Waals surface area contributed by atoms with E-state index in [1.54, 1.807) is 21.0 Å². The Hall–Kier alpha value is -0.643. The van der Waals surface area contributed by atoms with Gasteiger partial charge in [-0.25, -0.2) is 0 Å². The summed E-state index contributed by atoms with van der Waals surface area (Å²) in [5.41, 5.74) is 3.09. The van der Waals surface area contributed by atoms with E-state index in [-0.39, 0.29) is 0 Å². The van der Waals surface area contributed by atoms with Gasteiger partial charge in [0.15, 0.2) is 0 Å². The van der Waals surface area contributed by atoms with Crippen molar-refractivity contribution < 1.29 is 0 Å². The van der Waals surface area contributed by atoms with Crippen LogP contribution in [-0.2, 0) is 20.7 Å². The van der Waals surface area contributed by atoms with Crippen molar-refractivity contribution in [1.29, 1.82) is 0 Å². The average molecular weight is 359 g/mol. The monoisotopic (exact) mass is 358 g/mol. The molecule has 4 unspecified atom stereocenters. The van der Waals surface area contributed by atoms with E-state index in [9.17, 15) is 0 Å². The molecular formula is C20H26S2Si+2. The molecule has 4 rings (SSSR count). The number of hydrogen-bond acceptors (Lipinski definition) is 0. The third kappa shape index (κ3) is 2.27. The Morgan fingerprint density at radius 2 is 1.26 bits per heavy atom. The summed E-state index contributed by atoms with van der Waals surface area (Å²) in [6, 6.07) is 0. The first-order chi connectivity index (χ1) is 11.1. The highest BCUT2D eigenvalue weighted by atomic mass is 32.6. The summed E-state index contributed by atoms with van der Waals surface area (Å²) in [6.07, 6.45) is 20.4. The van der Waals surface area contributed by atoms with Gasteiger partial charge in [0.1, 0.15) is 20.3 Å². The number of allylic oxidation sites excluding steroid dienone is 8. The maximum Gasteiger partial charge on any atom is 0.540 e. The van der Waals surface area contributed by atoms with Crippen molar-refractivity contribution in [2.24, 2.45) is 0 Å². The molecule has 0 saturated heterocycles. The van der Waals surface area contributed by atoms with Crippen molar-refractivity contribution in [2.75, 3.05) is 0 Å². The van der Waals surface area contributed by atoms with E-state index in [0.29, 0.717) is 20.7 Å². The third-order valence-corrected chi connectivity index (χ3v) is 24.0. The van der Waals surface area contributed by atoms with Crippen molar-refractivity contribution in [1.82, 2.24) is 0 Å². The second-order valence-electron chi connectivity index (χ2n) is 6.99. The quantitative estimate of drug-likeness (QED) is 0.474. The van der Waals surface area contributed by atoms with Gasteiger partial charge in [0.2, 0.25) is 0 Å². The van der Waals surface area contributed by atoms with Crippen LogP contribution in [0.25, 0.3) is 0 Å². The molecule has 0 amide bonds. The lowest BCUT2D eigenvalue weighted by molar-refractivity contribution is 0.977. The lowest BCUT2D eigenvalue weighted by Crippen LogP contribution is -2.52. The van der Waals surface area contributed by atoms with Gasteiger partial charge in [-0.05, 0) is 49.3 Å². The van der Waals surface area contributed by atoms with Crippen LogP contribution in [0.4, 0.5) is 0 Å². The van der Waals surface area contributed by atoms with E-state index in [1.165, 1.54) is 12.8 Å². The molecule has 3 heteroatoms. The Bertz CT molecular complexity index is 658. The predicted molar refractivity (Wildman–Crippen MR) is 111 cm³/mol. The summed E-state index contributed by atoms with van der Waals surface area (Å²) in [5.74, 6) is 0. The van der Waals surface area contributed by atoms with Crippen molar-refractivity contribution in [3.8, 4) is 0 Å². The van der Waals surface area contributed by atoms with Crippen molar-refractivity contribution >= 4 is 27.1 Å². The third-order valence-electron chi connectivity index (χ3n) is 5.29. The van der Waals surface area contributed by atoms with Crippen LogP contribution >= 0.6 is 0 Å². The average Bonchev–Trinajstić information content (AvgIpc) is 3.24. The van der Waals surface area contributed by atoms with Gasteiger partial charge in [-0.3, -0.25) is 0 Å². The summed E-state index contributed by atoms with van der Waals surface area (Å²) in [6.45, 7) is 10.1. The fourth-order valence-electron chi connectivity index (χ4n) is 4.30. The second kappa shape index (κ2) is 5.71. The topological polar surface area (TPSA) is 0 Å². The van der Waals surface area contributed by atoms with Gasteiger partial charge in [-0.15, -0.1) is 0 Å². The SMILES string of the molecule is CCC1C=C2C=CC=C2[S+]1[Si](C)(C)[S+]1C2=CC=CC2=CC1CC. The van der Waals surface area contributed by atoms with Crippen LogP contribution in [0.3, 0.4) is 0 Å². The fraction of sp³-hybridized carbons (Fsp3) is 0.400. The Labute approximate surface area is 146 Å². The number of fused-ring (bicyclic) bond motifs is 2. The molecule has 0 bridgehead atoms. The molecule has 0 radical (unpaired) electrons. The molecule has 2 aliphatic heterocycles. The van der Waals surface area contributed by atoms with E-state index in [1.807, 2.05) is 0 Å². The minimum atomic E-state index is -1.44. The predicted octanol–water partition coefficient (Wildman–Crippen LogP) is 5.27. The van der Waals surface area contributed by atoms with Crippen LogP contribution in [-0.4, -0.2) is 16.9 Å². The van der Waals surface area contributed by atoms with Crippen molar-refractivity contribution in [3.05, 3.63) is 69.6 Å². The molecule has 0 aromatic rings. The zero-order valence-electron chi connectivity index (χ0n) is 14.5. The van der Waals surface area contributed by atoms with Gasteiger partial charge < -0.3 is 0 Å². The Balaban J connectivity index is 1.73. The first kappa shape index (κ1) is 15.9. The Morgan fingerprint density at radius 3 is 1.65 bits per heavy atom. The largest absolute Gasteiger partial charge is 0.540 e. The minimum Gasteiger partial charge on any atom is -0.0603 e. The standard InChI is InChI=1S/C20H26S2Si/c1-5-17-13-15-9-7-11-19(15)21(17)23(3,4)22-18(6-2)14-16-10-8-12-20(16)22/h7-14,17-18H,5-6H2,1-4H3/q+2. The number of rotatable bonds is 4. The van der Waals surface area contributed by atoms with Gasteiger partial charge in [-0.2, -0.15) is 0 Å². The van der Waals surface area contributed by atoms with E-state index in [4.69, 9.17) is 0 Å². The van der Waals surface area contributed by atoms with Gasteiger partial charge in [0.05, 0.1) is 0 Å². The highest BCUT2D eigenvalue weighted by Gasteiger charge is 2.70. The van der Waals surface area contributed by atoms with Crippen LogP contribution in [0.2, 0.25) is 13.1 Å². The summed E-state index contributed by atoms with van der Waals surface area (Å²) >= 11 is 0. The maximum absolute atomic E-state index is 2.69. The van der Waals surface area contributed by atoms with E-state index < -0.39 is 6.37 Å². The summed E-state index contributed by atoms with van der Waals surface area (Å²) in [4.78, 5) is 3.38. The molecule has 0 nitrogen and oxygen atoms in total. The normalized spacial score (nSPS) is 34.3. The zero-order chi connectivity index (χ0) is 16.2. The Morgan fingerprint density at radius 1 is 0.826 bits per heavy atom. The van der Waals surface area contributed by atoms with Crippen LogP contribution < -0.4 is 0 Å². The summed E-state index contributed by atoms with van der Waals surface area (Å²) in [7, 11) is 0.906. The highest BCUT2D eigenvalue weighted by molar-refractivity contribution is 8.57. The molecule has 4 atom stereocenters. The first-order valence-electron chi connectivity index (χ1n) is 8.75. The van der Waals surface area contributed by atoms with Gasteiger partial charge in [0, 0.05) is 44.9 Å². The lowest BCUT2D eigenvalue weighted by Gasteiger charge is -2.25. The molecule has 0 saturated carbocycles. The molecule has 0 fully saturated rings. The van der Waals surface area contributed by atoms with E-state index in [2.05, 4.69) is 75.5 Å². The molecule has 23 heavy (non-hydrogen) atoms. The van der Waals surface area contributed by atoms with Crippen LogP contribution in [0.1, 0.15) is 26.7 Å². The fourth-order valence-corrected chi connectivity index (χ4v) is 26.4. The second-order valence-corrected chi connectivity index (χ2v) is 22.8. The summed E-state index contributed by atoms with van der Waals surface area (Å²) in [5, 5.41) is 1.57. The molecule has 0 N–H and O–H groups in total. The molecule has 0 aromatic heterocycles. The van der Waals surface area contributed by atoms with Crippen LogP contribution in [0.5, 0.6) is 0 Å². The maximum atomic E-state index is 2.69. The van der Waals surface area contributed by atoms with Gasteiger partial charge in [-0.1, -0.05) is 26.0 Å². The Kier molecular flexibility index (Phi) is 3.94. The first-order valence-corrected chi connectivity index (χ1v) is 15.8. The van der Waals surface area contributed by atoms with E-state index in [0.717, 1.165) is 10.5 Å². The summed E-state index contributed by atoms with van der Waals surface area (Å²) < 4.78 is 0. The molecule has 120 valence electrons. The zero-order valence-corrected chi connectivity index (χ0v) is 17.1. The van der Waals surface area contributed by atoms with E-state index >= 15 is 0 Å². The van der Waals surface area contributed by atoms with Crippen LogP contribution in [0.15, 0.2) is 69.6 Å². The smallest absolute Gasteiger partial charge is 0.0603 e. The molecule has 2 aliphatic carbocycles.